The van der Waals surface area contributed by atoms with Gasteiger partial charge in [0.15, 0.2) is 11.6 Å². The predicted octanol–water partition coefficient (Wildman–Crippen LogP) is 5.14. The van der Waals surface area contributed by atoms with Crippen molar-refractivity contribution in [2.45, 2.75) is 24.5 Å². The number of nitrogens with two attached hydrogens (primary N) is 1. The van der Waals surface area contributed by atoms with Gasteiger partial charge in [0.25, 0.3) is 0 Å². The van der Waals surface area contributed by atoms with E-state index < -0.39 is 17.6 Å². The van der Waals surface area contributed by atoms with Crippen LogP contribution in [-0.4, -0.2) is 35.7 Å². The number of carbonyl (C=O) groups is 1. The summed E-state index contributed by atoms with van der Waals surface area (Å²) < 4.78 is 12.8. The van der Waals surface area contributed by atoms with E-state index in [9.17, 15) is 4.79 Å². The first-order chi connectivity index (χ1) is 17.5. The van der Waals surface area contributed by atoms with E-state index in [1.165, 1.54) is 0 Å². The third-order valence-electron chi connectivity index (χ3n) is 5.84. The van der Waals surface area contributed by atoms with Gasteiger partial charge in [-0.25, -0.2) is 4.99 Å². The summed E-state index contributed by atoms with van der Waals surface area (Å²) in [6, 6.07) is 21.5. The number of azide groups is 1. The van der Waals surface area contributed by atoms with Gasteiger partial charge in [0.2, 0.25) is 11.8 Å². The van der Waals surface area contributed by atoms with Crippen LogP contribution in [0, 0.1) is 0 Å². The minimum Gasteiger partial charge on any atom is -0.494 e. The number of rotatable bonds is 10. The third kappa shape index (κ3) is 5.36. The molecule has 0 spiro atoms. The molecule has 36 heavy (non-hydrogen) atoms. The molecule has 0 fully saturated rings. The lowest BCUT2D eigenvalue weighted by molar-refractivity contribution is -0.125. The average Bonchev–Trinajstić information content (AvgIpc) is 3.27. The number of aliphatic imine (C=N–C) groups is 1. The van der Waals surface area contributed by atoms with Gasteiger partial charge in [-0.15, -0.1) is 0 Å². The number of nitrogens with zero attached hydrogens (tertiary/aromatic N) is 4. The van der Waals surface area contributed by atoms with E-state index >= 15 is 0 Å². The molecule has 184 valence electrons. The van der Waals surface area contributed by atoms with Crippen molar-refractivity contribution < 1.29 is 19.4 Å². The van der Waals surface area contributed by atoms with Crippen molar-refractivity contribution >= 4 is 33.4 Å². The molecule has 0 radical (unpaired) electrons. The normalized spacial score (nSPS) is 18.6. The Kier molecular flexibility index (Phi) is 7.90. The van der Waals surface area contributed by atoms with E-state index in [0.29, 0.717) is 35.6 Å². The molecule has 3 aromatic rings. The first-order valence-electron chi connectivity index (χ1n) is 11.3. The summed E-state index contributed by atoms with van der Waals surface area (Å²) in [5.74, 6) is 0.245. The van der Waals surface area contributed by atoms with E-state index in [0.717, 1.165) is 10.0 Å². The number of carbonyl (C=O) groups excluding carboxylic acids is 1. The number of aliphatic hydroxyl groups is 1. The van der Waals surface area contributed by atoms with Gasteiger partial charge >= 0.3 is 0 Å². The Hall–Kier alpha value is -3.85. The second-order valence-electron chi connectivity index (χ2n) is 8.20. The molecule has 3 aromatic carbocycles. The molecule has 0 saturated heterocycles. The van der Waals surface area contributed by atoms with Crippen LogP contribution in [0.3, 0.4) is 0 Å². The number of hydrogen-bond acceptors (Lipinski definition) is 6. The molecular weight excluding hydrogens is 526 g/mol. The van der Waals surface area contributed by atoms with Crippen LogP contribution in [0.2, 0.25) is 0 Å². The summed E-state index contributed by atoms with van der Waals surface area (Å²) >= 11 is 3.44. The van der Waals surface area contributed by atoms with Crippen LogP contribution in [0.5, 0.6) is 5.75 Å². The maximum atomic E-state index is 13.1. The minimum absolute atomic E-state index is 0.0538. The van der Waals surface area contributed by atoms with E-state index in [-0.39, 0.29) is 18.9 Å². The van der Waals surface area contributed by atoms with Crippen molar-refractivity contribution in [3.63, 3.8) is 0 Å². The molecule has 1 aliphatic rings. The Balaban J connectivity index is 1.76. The molecular formula is C26H24BrN5O4. The van der Waals surface area contributed by atoms with E-state index in [1.54, 1.807) is 48.5 Å². The summed E-state index contributed by atoms with van der Waals surface area (Å²) in [5, 5.41) is 12.7. The number of primary amides is 1. The highest BCUT2D eigenvalue weighted by molar-refractivity contribution is 9.10. The third-order valence-corrected chi connectivity index (χ3v) is 6.37. The Bertz CT molecular complexity index is 1310. The topological polar surface area (TPSA) is 143 Å². The van der Waals surface area contributed by atoms with Crippen molar-refractivity contribution in [2.75, 3.05) is 13.2 Å². The standard InChI is InChI=1S/C26H24BrN5O4/c27-20-10-6-17(7-11-20)23-26(25(28)34,16-19-4-1-2-5-22(19)31-32-29)30-24(36-23)18-8-12-21(13-9-18)35-15-3-14-33/h1-2,4-13,23,33H,3,14-16H2,(H2,28,34)/t23-,26-/m1/s1. The molecule has 0 aromatic heterocycles. The fraction of sp³-hybridized carbons (Fsp3) is 0.231. The number of amides is 1. The van der Waals surface area contributed by atoms with Crippen LogP contribution in [0.4, 0.5) is 5.69 Å². The Morgan fingerprint density at radius 1 is 1.17 bits per heavy atom. The summed E-state index contributed by atoms with van der Waals surface area (Å²) in [6.45, 7) is 0.451. The van der Waals surface area contributed by atoms with E-state index in [4.69, 9.17) is 30.8 Å². The van der Waals surface area contributed by atoms with Crippen LogP contribution in [0.25, 0.3) is 10.4 Å². The van der Waals surface area contributed by atoms with Gasteiger partial charge in [-0.1, -0.05) is 57.4 Å². The molecule has 1 heterocycles. The lowest BCUT2D eigenvalue weighted by Gasteiger charge is -2.29. The molecule has 9 nitrogen and oxygen atoms in total. The van der Waals surface area contributed by atoms with Crippen molar-refractivity contribution in [1.29, 1.82) is 0 Å². The highest BCUT2D eigenvalue weighted by Crippen LogP contribution is 2.43. The molecule has 0 bridgehead atoms. The highest BCUT2D eigenvalue weighted by Gasteiger charge is 2.52. The molecule has 0 aliphatic carbocycles. The van der Waals surface area contributed by atoms with Crippen LogP contribution < -0.4 is 10.5 Å². The molecule has 4 rings (SSSR count). The van der Waals surface area contributed by atoms with Crippen molar-refractivity contribution in [2.24, 2.45) is 15.8 Å². The summed E-state index contributed by atoms with van der Waals surface area (Å²) in [7, 11) is 0. The Morgan fingerprint density at radius 2 is 1.89 bits per heavy atom. The lowest BCUT2D eigenvalue weighted by atomic mass is 9.82. The van der Waals surface area contributed by atoms with Gasteiger partial charge in [-0.2, -0.15) is 0 Å². The van der Waals surface area contributed by atoms with E-state index in [1.807, 2.05) is 24.3 Å². The zero-order valence-electron chi connectivity index (χ0n) is 19.3. The molecule has 1 amide bonds. The molecule has 0 saturated carbocycles. The maximum Gasteiger partial charge on any atom is 0.250 e. The molecule has 0 unspecified atom stereocenters. The Labute approximate surface area is 216 Å². The molecule has 10 heteroatoms. The quantitative estimate of drug-likeness (QED) is 0.156. The predicted molar refractivity (Wildman–Crippen MR) is 139 cm³/mol. The average molecular weight is 550 g/mol. The largest absolute Gasteiger partial charge is 0.494 e. The highest BCUT2D eigenvalue weighted by atomic mass is 79.9. The first kappa shape index (κ1) is 25.2. The zero-order chi connectivity index (χ0) is 25.5. The smallest absolute Gasteiger partial charge is 0.250 e. The molecule has 1 aliphatic heterocycles. The number of hydrogen-bond donors (Lipinski definition) is 2. The summed E-state index contributed by atoms with van der Waals surface area (Å²) in [5.41, 5.74) is 15.9. The van der Waals surface area contributed by atoms with Crippen LogP contribution in [0.15, 0.2) is 87.4 Å². The second-order valence-corrected chi connectivity index (χ2v) is 9.12. The van der Waals surface area contributed by atoms with Gasteiger partial charge in [0.1, 0.15) is 5.75 Å². The SMILES string of the molecule is [N-]=[N+]=Nc1ccccc1C[C@@]1(C(N)=O)N=C(c2ccc(OCCCO)cc2)O[C@@H]1c1ccc(Br)cc1. The van der Waals surface area contributed by atoms with Gasteiger partial charge < -0.3 is 20.3 Å². The van der Waals surface area contributed by atoms with Crippen LogP contribution >= 0.6 is 15.9 Å². The van der Waals surface area contributed by atoms with Gasteiger partial charge in [-0.05, 0) is 53.1 Å². The van der Waals surface area contributed by atoms with Crippen LogP contribution in [-0.2, 0) is 16.0 Å². The second kappa shape index (κ2) is 11.3. The first-order valence-corrected chi connectivity index (χ1v) is 12.0. The van der Waals surface area contributed by atoms with Gasteiger partial charge in [0.05, 0.1) is 6.61 Å². The maximum absolute atomic E-state index is 13.1. The van der Waals surface area contributed by atoms with Crippen molar-refractivity contribution in [3.05, 3.63) is 104 Å². The number of ether oxygens (including phenoxy) is 2. The fourth-order valence-electron chi connectivity index (χ4n) is 4.04. The van der Waals surface area contributed by atoms with Gasteiger partial charge in [-0.3, -0.25) is 4.79 Å². The van der Waals surface area contributed by atoms with Gasteiger partial charge in [0, 0.05) is 40.1 Å². The lowest BCUT2D eigenvalue weighted by Crippen LogP contribution is -2.47. The number of halogens is 1. The molecule has 2 atom stereocenters. The zero-order valence-corrected chi connectivity index (χ0v) is 20.8. The van der Waals surface area contributed by atoms with E-state index in [2.05, 4.69) is 26.0 Å². The number of benzene rings is 3. The van der Waals surface area contributed by atoms with Crippen LogP contribution in [0.1, 0.15) is 29.2 Å². The van der Waals surface area contributed by atoms with Crippen molar-refractivity contribution in [3.8, 4) is 5.75 Å². The number of aliphatic hydroxyl groups excluding tert-OH is 1. The summed E-state index contributed by atoms with van der Waals surface area (Å²) in [4.78, 5) is 20.8. The van der Waals surface area contributed by atoms with Crippen molar-refractivity contribution in [1.82, 2.24) is 0 Å². The molecule has 3 N–H and O–H groups in total. The minimum atomic E-state index is -1.49. The fourth-order valence-corrected chi connectivity index (χ4v) is 4.30. The Morgan fingerprint density at radius 3 is 2.56 bits per heavy atom. The summed E-state index contributed by atoms with van der Waals surface area (Å²) in [6.07, 6.45) is -0.202. The monoisotopic (exact) mass is 549 g/mol.